The van der Waals surface area contributed by atoms with Gasteiger partial charge >= 0.3 is 0 Å². The second kappa shape index (κ2) is 8.86. The Hall–Kier alpha value is -1.46. The molecule has 0 saturated carbocycles. The molecule has 1 aromatic carbocycles. The van der Waals surface area contributed by atoms with Gasteiger partial charge in [-0.1, -0.05) is 18.2 Å². The highest BCUT2D eigenvalue weighted by molar-refractivity contribution is 5.76. The molecular weight excluding hydrogens is 281 g/mol. The maximum Gasteiger partial charge on any atom is 0.220 e. The summed E-state index contributed by atoms with van der Waals surface area (Å²) in [5.74, 6) is -0.230. The summed E-state index contributed by atoms with van der Waals surface area (Å²) in [6.07, 6.45) is 1.77. The summed E-state index contributed by atoms with van der Waals surface area (Å²) in [5.41, 5.74) is 0.607. The molecule has 1 amide bonds. The van der Waals surface area contributed by atoms with Crippen LogP contribution in [0, 0.1) is 5.82 Å². The van der Waals surface area contributed by atoms with Crippen molar-refractivity contribution in [3.63, 3.8) is 0 Å². The fraction of sp³-hybridized carbons (Fsp3) is 0.588. The molecule has 22 heavy (non-hydrogen) atoms. The first-order valence-corrected chi connectivity index (χ1v) is 8.06. The fourth-order valence-corrected chi connectivity index (χ4v) is 2.64. The van der Waals surface area contributed by atoms with Crippen molar-refractivity contribution in [3.05, 3.63) is 35.6 Å². The first kappa shape index (κ1) is 16.9. The minimum absolute atomic E-state index is 0.00151. The van der Waals surface area contributed by atoms with Crippen LogP contribution in [-0.4, -0.2) is 62.0 Å². The zero-order valence-corrected chi connectivity index (χ0v) is 13.4. The number of hydrogen-bond donors (Lipinski definition) is 1. The van der Waals surface area contributed by atoms with E-state index < -0.39 is 0 Å². The molecule has 0 bridgehead atoms. The normalized spacial score (nSPS) is 16.6. The largest absolute Gasteiger partial charge is 0.356 e. The van der Waals surface area contributed by atoms with Gasteiger partial charge in [-0.05, 0) is 38.1 Å². The Bertz CT molecular complexity index is 473. The molecule has 2 rings (SSSR count). The van der Waals surface area contributed by atoms with Crippen molar-refractivity contribution in [3.8, 4) is 0 Å². The van der Waals surface area contributed by atoms with Crippen molar-refractivity contribution in [1.82, 2.24) is 15.1 Å². The van der Waals surface area contributed by atoms with Crippen LogP contribution in [0.5, 0.6) is 0 Å². The fourth-order valence-electron chi connectivity index (χ4n) is 2.64. The summed E-state index contributed by atoms with van der Waals surface area (Å²) in [6, 6.07) is 6.63. The molecular formula is C17H26FN3O. The molecule has 0 aromatic heterocycles. The number of benzene rings is 1. The van der Waals surface area contributed by atoms with E-state index in [9.17, 15) is 9.18 Å². The van der Waals surface area contributed by atoms with Crippen LogP contribution in [0.1, 0.15) is 18.4 Å². The van der Waals surface area contributed by atoms with Gasteiger partial charge in [-0.3, -0.25) is 4.79 Å². The maximum atomic E-state index is 13.4. The smallest absolute Gasteiger partial charge is 0.220 e. The van der Waals surface area contributed by atoms with Gasteiger partial charge in [-0.25, -0.2) is 4.39 Å². The third-order valence-corrected chi connectivity index (χ3v) is 4.15. The average Bonchev–Trinajstić information content (AvgIpc) is 2.52. The molecule has 0 aliphatic carbocycles. The van der Waals surface area contributed by atoms with E-state index in [1.165, 1.54) is 6.07 Å². The molecule has 1 saturated heterocycles. The number of rotatable bonds is 7. The first-order chi connectivity index (χ1) is 10.6. The predicted molar refractivity (Wildman–Crippen MR) is 86.3 cm³/mol. The second-order valence-electron chi connectivity index (χ2n) is 5.94. The van der Waals surface area contributed by atoms with Crippen LogP contribution in [0.2, 0.25) is 0 Å². The van der Waals surface area contributed by atoms with Crippen LogP contribution in [0.3, 0.4) is 0 Å². The number of piperazine rings is 1. The van der Waals surface area contributed by atoms with Crippen LogP contribution in [-0.2, 0) is 11.2 Å². The molecule has 0 unspecified atom stereocenters. The molecule has 0 radical (unpaired) electrons. The number of aryl methyl sites for hydroxylation is 1. The molecule has 1 aliphatic heterocycles. The summed E-state index contributed by atoms with van der Waals surface area (Å²) in [7, 11) is 2.15. The summed E-state index contributed by atoms with van der Waals surface area (Å²) in [6.45, 7) is 6.18. The molecule has 122 valence electrons. The monoisotopic (exact) mass is 307 g/mol. The zero-order valence-electron chi connectivity index (χ0n) is 13.4. The molecule has 0 atom stereocenters. The second-order valence-corrected chi connectivity index (χ2v) is 5.94. The molecule has 5 heteroatoms. The van der Waals surface area contributed by atoms with E-state index in [0.717, 1.165) is 39.1 Å². The third kappa shape index (κ3) is 5.73. The van der Waals surface area contributed by atoms with Gasteiger partial charge < -0.3 is 15.1 Å². The van der Waals surface area contributed by atoms with E-state index in [0.29, 0.717) is 24.9 Å². The Labute approximate surface area is 132 Å². The van der Waals surface area contributed by atoms with Gasteiger partial charge in [-0.15, -0.1) is 0 Å². The van der Waals surface area contributed by atoms with E-state index in [1.54, 1.807) is 18.2 Å². The lowest BCUT2D eigenvalue weighted by atomic mass is 10.1. The molecule has 1 aliphatic rings. The number of carbonyl (C=O) groups excluding carboxylic acids is 1. The van der Waals surface area contributed by atoms with Crippen LogP contribution < -0.4 is 5.32 Å². The highest BCUT2D eigenvalue weighted by Crippen LogP contribution is 2.08. The van der Waals surface area contributed by atoms with E-state index in [-0.39, 0.29) is 11.7 Å². The minimum atomic E-state index is -0.231. The summed E-state index contributed by atoms with van der Waals surface area (Å²) in [5, 5.41) is 2.92. The number of halogens is 1. The van der Waals surface area contributed by atoms with E-state index in [4.69, 9.17) is 0 Å². The van der Waals surface area contributed by atoms with Gasteiger partial charge in [0.15, 0.2) is 0 Å². The van der Waals surface area contributed by atoms with E-state index in [2.05, 4.69) is 22.2 Å². The standard InChI is InChI=1S/C17H26FN3O/c1-20-11-13-21(14-12-20)10-4-9-19-17(22)8-7-15-5-2-3-6-16(15)18/h2-3,5-6H,4,7-14H2,1H3,(H,19,22). The molecule has 1 N–H and O–H groups in total. The Morgan fingerprint density at radius 3 is 2.68 bits per heavy atom. The summed E-state index contributed by atoms with van der Waals surface area (Å²) < 4.78 is 13.4. The zero-order chi connectivity index (χ0) is 15.8. The van der Waals surface area contributed by atoms with Crippen molar-refractivity contribution in [2.24, 2.45) is 0 Å². The molecule has 1 heterocycles. The molecule has 1 fully saturated rings. The highest BCUT2D eigenvalue weighted by atomic mass is 19.1. The number of nitrogens with one attached hydrogen (secondary N) is 1. The van der Waals surface area contributed by atoms with Gasteiger partial charge in [0, 0.05) is 39.1 Å². The molecule has 0 spiro atoms. The van der Waals surface area contributed by atoms with Crippen molar-refractivity contribution < 1.29 is 9.18 Å². The van der Waals surface area contributed by atoms with E-state index >= 15 is 0 Å². The number of likely N-dealkylation sites (N-methyl/N-ethyl adjacent to an activating group) is 1. The lowest BCUT2D eigenvalue weighted by Gasteiger charge is -2.32. The van der Waals surface area contributed by atoms with Crippen LogP contribution in [0.25, 0.3) is 0 Å². The highest BCUT2D eigenvalue weighted by Gasteiger charge is 2.13. The van der Waals surface area contributed by atoms with Crippen molar-refractivity contribution in [1.29, 1.82) is 0 Å². The number of amides is 1. The molecule has 4 nitrogen and oxygen atoms in total. The van der Waals surface area contributed by atoms with Crippen molar-refractivity contribution in [2.75, 3.05) is 46.3 Å². The quantitative estimate of drug-likeness (QED) is 0.776. The first-order valence-electron chi connectivity index (χ1n) is 8.06. The number of carbonyl (C=O) groups is 1. The Morgan fingerprint density at radius 2 is 1.95 bits per heavy atom. The molecule has 1 aromatic rings. The topological polar surface area (TPSA) is 35.6 Å². The number of hydrogen-bond acceptors (Lipinski definition) is 3. The van der Waals surface area contributed by atoms with Gasteiger partial charge in [0.2, 0.25) is 5.91 Å². The van der Waals surface area contributed by atoms with Crippen LogP contribution in [0.4, 0.5) is 4.39 Å². The third-order valence-electron chi connectivity index (χ3n) is 4.15. The van der Waals surface area contributed by atoms with Gasteiger partial charge in [-0.2, -0.15) is 0 Å². The Kier molecular flexibility index (Phi) is 6.80. The lowest BCUT2D eigenvalue weighted by Crippen LogP contribution is -2.45. The van der Waals surface area contributed by atoms with Gasteiger partial charge in [0.05, 0.1) is 0 Å². The predicted octanol–water partition coefficient (Wildman–Crippen LogP) is 1.51. The average molecular weight is 307 g/mol. The summed E-state index contributed by atoms with van der Waals surface area (Å²) in [4.78, 5) is 16.5. The van der Waals surface area contributed by atoms with E-state index in [1.807, 2.05) is 0 Å². The van der Waals surface area contributed by atoms with Crippen LogP contribution >= 0.6 is 0 Å². The van der Waals surface area contributed by atoms with Crippen molar-refractivity contribution >= 4 is 5.91 Å². The SMILES string of the molecule is CN1CCN(CCCNC(=O)CCc2ccccc2F)CC1. The maximum absolute atomic E-state index is 13.4. The van der Waals surface area contributed by atoms with Crippen molar-refractivity contribution in [2.45, 2.75) is 19.3 Å². The minimum Gasteiger partial charge on any atom is -0.356 e. The lowest BCUT2D eigenvalue weighted by molar-refractivity contribution is -0.121. The van der Waals surface area contributed by atoms with Gasteiger partial charge in [0.25, 0.3) is 0 Å². The Morgan fingerprint density at radius 1 is 1.23 bits per heavy atom. The van der Waals surface area contributed by atoms with Crippen LogP contribution in [0.15, 0.2) is 24.3 Å². The number of nitrogens with zero attached hydrogens (tertiary/aromatic N) is 2. The summed E-state index contributed by atoms with van der Waals surface area (Å²) >= 11 is 0. The van der Waals surface area contributed by atoms with Gasteiger partial charge in [0.1, 0.15) is 5.82 Å². The Balaban J connectivity index is 1.55.